The largest absolute Gasteiger partial charge is 0.313 e. The average Bonchev–Trinajstić information content (AvgIpc) is 2.99. The molecule has 0 amide bonds. The lowest BCUT2D eigenvalue weighted by molar-refractivity contribution is 0.514. The number of pyridine rings is 1. The van der Waals surface area contributed by atoms with E-state index >= 15 is 0 Å². The van der Waals surface area contributed by atoms with Gasteiger partial charge in [-0.25, -0.2) is 0 Å². The molecule has 0 aliphatic heterocycles. The Hall–Kier alpha value is -0.890. The maximum atomic E-state index is 4.03. The number of hydrogen-bond donors (Lipinski definition) is 1. The van der Waals surface area contributed by atoms with Gasteiger partial charge in [0.05, 0.1) is 0 Å². The second-order valence-corrected chi connectivity index (χ2v) is 3.80. The first-order valence-corrected chi connectivity index (χ1v) is 4.97. The number of hydrogen-bond acceptors (Lipinski definition) is 2. The Morgan fingerprint density at radius 2 is 2.15 bits per heavy atom. The monoisotopic (exact) mass is 176 g/mol. The summed E-state index contributed by atoms with van der Waals surface area (Å²) in [5, 5.41) is 3.36. The molecule has 0 saturated heterocycles. The Morgan fingerprint density at radius 3 is 2.69 bits per heavy atom. The van der Waals surface area contributed by atoms with Crippen LogP contribution >= 0.6 is 0 Å². The van der Waals surface area contributed by atoms with Crippen molar-refractivity contribution in [3.63, 3.8) is 0 Å². The molecule has 1 fully saturated rings. The molecular weight excluding hydrogens is 160 g/mol. The van der Waals surface area contributed by atoms with E-state index in [1.807, 2.05) is 19.4 Å². The number of nitrogens with zero attached hydrogens (tertiary/aromatic N) is 1. The normalized spacial score (nSPS) is 18.5. The molecule has 0 radical (unpaired) electrons. The van der Waals surface area contributed by atoms with Gasteiger partial charge in [0, 0.05) is 18.4 Å². The summed E-state index contributed by atoms with van der Waals surface area (Å²) < 4.78 is 0. The zero-order valence-corrected chi connectivity index (χ0v) is 8.03. The molecule has 0 bridgehead atoms. The number of nitrogens with one attached hydrogen (secondary N) is 1. The van der Waals surface area contributed by atoms with Gasteiger partial charge in [-0.15, -0.1) is 0 Å². The van der Waals surface area contributed by atoms with E-state index in [1.54, 1.807) is 0 Å². The predicted octanol–water partition coefficient (Wildman–Crippen LogP) is 2.14. The maximum Gasteiger partial charge on any atom is 0.0321 e. The van der Waals surface area contributed by atoms with E-state index in [4.69, 9.17) is 0 Å². The molecule has 2 rings (SSSR count). The van der Waals surface area contributed by atoms with Crippen LogP contribution in [0.4, 0.5) is 0 Å². The summed E-state index contributed by atoms with van der Waals surface area (Å²) in [5.74, 6) is 0.964. The van der Waals surface area contributed by atoms with E-state index in [2.05, 4.69) is 22.4 Å². The molecule has 1 aliphatic carbocycles. The van der Waals surface area contributed by atoms with Crippen LogP contribution in [0.5, 0.6) is 0 Å². The highest BCUT2D eigenvalue weighted by Gasteiger charge is 2.25. The molecule has 1 atom stereocenters. The smallest absolute Gasteiger partial charge is 0.0321 e. The molecule has 2 nitrogen and oxygen atoms in total. The molecule has 1 unspecified atom stereocenters. The Balaban J connectivity index is 2.02. The van der Waals surface area contributed by atoms with Crippen molar-refractivity contribution >= 4 is 0 Å². The van der Waals surface area contributed by atoms with Crippen molar-refractivity contribution in [2.75, 3.05) is 7.05 Å². The van der Waals surface area contributed by atoms with Gasteiger partial charge in [-0.2, -0.15) is 0 Å². The standard InChI is InChI=1S/C11H16N2/c1-12-11(8-9-2-3-9)10-4-6-13-7-5-10/h4-7,9,11-12H,2-3,8H2,1H3. The first-order chi connectivity index (χ1) is 6.40. The number of aromatic nitrogens is 1. The molecule has 1 heterocycles. The van der Waals surface area contributed by atoms with Crippen LogP contribution in [0.2, 0.25) is 0 Å². The van der Waals surface area contributed by atoms with Gasteiger partial charge in [0.1, 0.15) is 0 Å². The van der Waals surface area contributed by atoms with Crippen molar-refractivity contribution in [1.82, 2.24) is 10.3 Å². The van der Waals surface area contributed by atoms with Crippen LogP contribution in [-0.4, -0.2) is 12.0 Å². The summed E-state index contributed by atoms with van der Waals surface area (Å²) >= 11 is 0. The minimum atomic E-state index is 0.524. The zero-order chi connectivity index (χ0) is 9.10. The Labute approximate surface area is 79.4 Å². The molecule has 0 aromatic carbocycles. The molecule has 1 saturated carbocycles. The molecule has 70 valence electrons. The highest BCUT2D eigenvalue weighted by Crippen LogP contribution is 2.37. The van der Waals surface area contributed by atoms with Crippen LogP contribution in [0, 0.1) is 5.92 Å². The quantitative estimate of drug-likeness (QED) is 0.760. The summed E-state index contributed by atoms with van der Waals surface area (Å²) in [6.45, 7) is 0. The Bertz CT molecular complexity index is 254. The van der Waals surface area contributed by atoms with Crippen LogP contribution in [0.1, 0.15) is 30.9 Å². The molecule has 13 heavy (non-hydrogen) atoms. The van der Waals surface area contributed by atoms with Crippen molar-refractivity contribution < 1.29 is 0 Å². The fourth-order valence-corrected chi connectivity index (χ4v) is 1.70. The summed E-state index contributed by atoms with van der Waals surface area (Å²) in [5.41, 5.74) is 1.37. The maximum absolute atomic E-state index is 4.03. The van der Waals surface area contributed by atoms with Crippen LogP contribution in [0.3, 0.4) is 0 Å². The van der Waals surface area contributed by atoms with E-state index in [0.29, 0.717) is 6.04 Å². The van der Waals surface area contributed by atoms with E-state index in [1.165, 1.54) is 24.8 Å². The predicted molar refractivity (Wildman–Crippen MR) is 53.4 cm³/mol. The Morgan fingerprint density at radius 1 is 1.46 bits per heavy atom. The fourth-order valence-electron chi connectivity index (χ4n) is 1.70. The van der Waals surface area contributed by atoms with E-state index in [-0.39, 0.29) is 0 Å². The van der Waals surface area contributed by atoms with Crippen molar-refractivity contribution in [1.29, 1.82) is 0 Å². The third-order valence-corrected chi connectivity index (χ3v) is 2.72. The van der Waals surface area contributed by atoms with Gasteiger partial charge >= 0.3 is 0 Å². The van der Waals surface area contributed by atoms with Gasteiger partial charge in [0.2, 0.25) is 0 Å². The first kappa shape index (κ1) is 8.70. The van der Waals surface area contributed by atoms with Crippen molar-refractivity contribution in [2.24, 2.45) is 5.92 Å². The van der Waals surface area contributed by atoms with Crippen LogP contribution in [-0.2, 0) is 0 Å². The highest BCUT2D eigenvalue weighted by atomic mass is 14.9. The fraction of sp³-hybridized carbons (Fsp3) is 0.545. The highest BCUT2D eigenvalue weighted by molar-refractivity contribution is 5.15. The molecule has 1 aromatic rings. The molecule has 1 N–H and O–H groups in total. The minimum absolute atomic E-state index is 0.524. The van der Waals surface area contributed by atoms with Crippen molar-refractivity contribution in [3.05, 3.63) is 30.1 Å². The van der Waals surface area contributed by atoms with Gasteiger partial charge < -0.3 is 5.32 Å². The summed E-state index contributed by atoms with van der Waals surface area (Å²) in [4.78, 5) is 4.03. The first-order valence-electron chi connectivity index (χ1n) is 4.97. The third kappa shape index (κ3) is 2.28. The third-order valence-electron chi connectivity index (χ3n) is 2.72. The van der Waals surface area contributed by atoms with Crippen LogP contribution in [0.25, 0.3) is 0 Å². The van der Waals surface area contributed by atoms with Crippen molar-refractivity contribution in [2.45, 2.75) is 25.3 Å². The topological polar surface area (TPSA) is 24.9 Å². The van der Waals surface area contributed by atoms with Crippen molar-refractivity contribution in [3.8, 4) is 0 Å². The molecular formula is C11H16N2. The lowest BCUT2D eigenvalue weighted by Crippen LogP contribution is -2.16. The van der Waals surface area contributed by atoms with Crippen LogP contribution in [0.15, 0.2) is 24.5 Å². The van der Waals surface area contributed by atoms with Crippen LogP contribution < -0.4 is 5.32 Å². The second kappa shape index (κ2) is 3.88. The second-order valence-electron chi connectivity index (χ2n) is 3.80. The minimum Gasteiger partial charge on any atom is -0.313 e. The summed E-state index contributed by atoms with van der Waals surface area (Å²) in [6, 6.07) is 4.73. The average molecular weight is 176 g/mol. The lowest BCUT2D eigenvalue weighted by Gasteiger charge is -2.15. The van der Waals surface area contributed by atoms with Gasteiger partial charge in [-0.1, -0.05) is 12.8 Å². The summed E-state index contributed by atoms with van der Waals surface area (Å²) in [7, 11) is 2.04. The molecule has 2 heteroatoms. The zero-order valence-electron chi connectivity index (χ0n) is 8.03. The Kier molecular flexibility index (Phi) is 2.60. The van der Waals surface area contributed by atoms with Gasteiger partial charge in [-0.05, 0) is 37.1 Å². The lowest BCUT2D eigenvalue weighted by atomic mass is 10.0. The SMILES string of the molecule is CNC(CC1CC1)c1ccncc1. The van der Waals surface area contributed by atoms with Gasteiger partial charge in [0.15, 0.2) is 0 Å². The van der Waals surface area contributed by atoms with E-state index < -0.39 is 0 Å². The molecule has 1 aliphatic rings. The molecule has 1 aromatic heterocycles. The van der Waals surface area contributed by atoms with E-state index in [9.17, 15) is 0 Å². The van der Waals surface area contributed by atoms with E-state index in [0.717, 1.165) is 5.92 Å². The number of rotatable bonds is 4. The summed E-state index contributed by atoms with van der Waals surface area (Å²) in [6.07, 6.45) is 7.85. The van der Waals surface area contributed by atoms with Gasteiger partial charge in [0.25, 0.3) is 0 Å². The van der Waals surface area contributed by atoms with Gasteiger partial charge in [-0.3, -0.25) is 4.98 Å². The molecule has 0 spiro atoms.